The van der Waals surface area contributed by atoms with E-state index >= 15 is 0 Å². The maximum absolute atomic E-state index is 10.9. The summed E-state index contributed by atoms with van der Waals surface area (Å²) in [7, 11) is 3.11. The molecule has 2 N–H and O–H groups in total. The second kappa shape index (κ2) is 2.92. The molecule has 56 valence electrons. The van der Waals surface area contributed by atoms with Crippen molar-refractivity contribution in [2.45, 2.75) is 0 Å². The average molecular weight is 149 g/mol. The van der Waals surface area contributed by atoms with Gasteiger partial charge in [-0.2, -0.15) is 0 Å². The van der Waals surface area contributed by atoms with Gasteiger partial charge in [-0.05, 0) is 12.1 Å². The van der Waals surface area contributed by atoms with Crippen molar-refractivity contribution < 1.29 is 4.79 Å². The summed E-state index contributed by atoms with van der Waals surface area (Å²) in [5.41, 5.74) is 5.74. The molecule has 0 saturated heterocycles. The summed E-state index contributed by atoms with van der Waals surface area (Å²) in [4.78, 5) is 14.6. The Morgan fingerprint density at radius 2 is 2.45 bits per heavy atom. The monoisotopic (exact) mass is 149 g/mol. The molecular weight excluding hydrogens is 142 g/mol. The molecule has 1 rings (SSSR count). The van der Waals surface area contributed by atoms with Crippen LogP contribution in [0, 0.1) is 7.05 Å². The van der Waals surface area contributed by atoms with Crippen molar-refractivity contribution in [3.63, 3.8) is 0 Å². The van der Waals surface area contributed by atoms with Gasteiger partial charge in [0.05, 0.1) is 0 Å². The van der Waals surface area contributed by atoms with E-state index in [1.807, 2.05) is 0 Å². The van der Waals surface area contributed by atoms with Crippen LogP contribution in [0.2, 0.25) is 0 Å². The fraction of sp³-hybridized carbons (Fsp3) is 0. The summed E-state index contributed by atoms with van der Waals surface area (Å²) in [5, 5.41) is 3.23. The number of hydrogen-bond acceptors (Lipinski definition) is 3. The first-order valence-corrected chi connectivity index (χ1v) is 2.96. The molecule has 1 aromatic rings. The maximum atomic E-state index is 10.9. The molecule has 11 heavy (non-hydrogen) atoms. The lowest BCUT2D eigenvalue weighted by Gasteiger charge is -2.03. The summed E-state index contributed by atoms with van der Waals surface area (Å²) >= 11 is 0. The Morgan fingerprint density at radius 1 is 1.73 bits per heavy atom. The number of amides is 1. The first kappa shape index (κ1) is 7.40. The number of carbonyl (C=O) groups is 1. The Labute approximate surface area is 64.4 Å². The van der Waals surface area contributed by atoms with Crippen LogP contribution >= 0.6 is 0 Å². The van der Waals surface area contributed by atoms with Gasteiger partial charge in [0, 0.05) is 18.8 Å². The molecule has 0 unspecified atom stereocenters. The van der Waals surface area contributed by atoms with Crippen LogP contribution in [-0.2, 0) is 0 Å². The maximum Gasteiger partial charge on any atom is 0.123 e. The lowest BCUT2D eigenvalue weighted by atomic mass is 10.2. The van der Waals surface area contributed by atoms with Crippen molar-refractivity contribution in [2.24, 2.45) is 0 Å². The van der Waals surface area contributed by atoms with E-state index < -0.39 is 0 Å². The first-order chi connectivity index (χ1) is 5.24. The van der Waals surface area contributed by atoms with Crippen LogP contribution in [0.15, 0.2) is 18.3 Å². The van der Waals surface area contributed by atoms with Gasteiger partial charge in [-0.1, -0.05) is 0 Å². The highest BCUT2D eigenvalue weighted by Crippen LogP contribution is 2.06. The molecule has 0 saturated carbocycles. The third-order valence-corrected chi connectivity index (χ3v) is 1.17. The Bertz CT molecular complexity index is 272. The molecule has 0 aliphatic heterocycles. The van der Waals surface area contributed by atoms with Crippen LogP contribution in [0.25, 0.3) is 5.32 Å². The number of hydrogen-bond donors (Lipinski definition) is 1. The number of pyridine rings is 1. The van der Waals surface area contributed by atoms with Gasteiger partial charge < -0.3 is 15.8 Å². The first-order valence-electron chi connectivity index (χ1n) is 2.96. The van der Waals surface area contributed by atoms with Crippen LogP contribution in [0.3, 0.4) is 0 Å². The summed E-state index contributed by atoms with van der Waals surface area (Å²) in [6.45, 7) is 0. The Hall–Kier alpha value is -1.71. The number of rotatable bonds is 1. The minimum Gasteiger partial charge on any atom is -0.455 e. The van der Waals surface area contributed by atoms with Gasteiger partial charge >= 0.3 is 0 Å². The van der Waals surface area contributed by atoms with E-state index in [9.17, 15) is 4.79 Å². The highest BCUT2D eigenvalue weighted by atomic mass is 16.1. The largest absolute Gasteiger partial charge is 0.455 e. The molecule has 0 fully saturated rings. The molecule has 0 atom stereocenters. The topological polar surface area (TPSA) is 70.1 Å². The average Bonchev–Trinajstić information content (AvgIpc) is 2.03. The molecule has 1 heterocycles. The second-order valence-electron chi connectivity index (χ2n) is 1.93. The van der Waals surface area contributed by atoms with Gasteiger partial charge in [-0.15, -0.1) is 0 Å². The van der Waals surface area contributed by atoms with Crippen molar-refractivity contribution in [3.05, 3.63) is 36.3 Å². The van der Waals surface area contributed by atoms with E-state index in [-0.39, 0.29) is 5.91 Å². The van der Waals surface area contributed by atoms with Crippen LogP contribution in [0.4, 0.5) is 5.82 Å². The van der Waals surface area contributed by atoms with E-state index in [0.717, 1.165) is 0 Å². The third kappa shape index (κ3) is 1.61. The quantitative estimate of drug-likeness (QED) is 0.605. The molecule has 0 bridgehead atoms. The predicted octanol–water partition coefficient (Wildman–Crippen LogP) is 0.969. The summed E-state index contributed by atoms with van der Waals surface area (Å²) in [6.07, 6.45) is 1.45. The van der Waals surface area contributed by atoms with Crippen LogP contribution in [0.5, 0.6) is 0 Å². The fourth-order valence-electron chi connectivity index (χ4n) is 0.673. The fourth-order valence-corrected chi connectivity index (χ4v) is 0.673. The van der Waals surface area contributed by atoms with E-state index in [1.165, 1.54) is 18.3 Å². The van der Waals surface area contributed by atoms with E-state index in [2.05, 4.69) is 17.3 Å². The molecule has 0 aliphatic rings. The molecule has 0 radical (unpaired) electrons. The number of anilines is 1. The van der Waals surface area contributed by atoms with Gasteiger partial charge in [-0.25, -0.2) is 4.98 Å². The Kier molecular flexibility index (Phi) is 1.96. The van der Waals surface area contributed by atoms with Gasteiger partial charge in [0.25, 0.3) is 0 Å². The third-order valence-electron chi connectivity index (χ3n) is 1.17. The minimum atomic E-state index is -0.390. The molecule has 0 spiro atoms. The zero-order valence-corrected chi connectivity index (χ0v) is 5.82. The standard InChI is InChI=1S/C7H7N3O/c1-9-7(11)5-2-3-10-6(8)4-5/h2-4H,1H2,(H2-,8,9,10,11). The number of nitrogen functional groups attached to an aromatic ring is 1. The van der Waals surface area contributed by atoms with E-state index in [0.29, 0.717) is 11.4 Å². The lowest BCUT2D eigenvalue weighted by Crippen LogP contribution is -1.97. The summed E-state index contributed by atoms with van der Waals surface area (Å²) < 4.78 is 0. The number of nitrogens with two attached hydrogens (primary N) is 1. The summed E-state index contributed by atoms with van der Waals surface area (Å²) in [6, 6.07) is 2.99. The number of nitrogens with zero attached hydrogens (tertiary/aromatic N) is 2. The smallest absolute Gasteiger partial charge is 0.123 e. The molecule has 4 heteroatoms. The van der Waals surface area contributed by atoms with E-state index in [4.69, 9.17) is 5.73 Å². The van der Waals surface area contributed by atoms with E-state index in [1.54, 1.807) is 0 Å². The predicted molar refractivity (Wildman–Crippen MR) is 41.7 cm³/mol. The van der Waals surface area contributed by atoms with Crippen molar-refractivity contribution in [3.8, 4) is 0 Å². The van der Waals surface area contributed by atoms with Crippen molar-refractivity contribution in [2.75, 3.05) is 5.73 Å². The van der Waals surface area contributed by atoms with Crippen LogP contribution in [0.1, 0.15) is 10.4 Å². The van der Waals surface area contributed by atoms with Crippen molar-refractivity contribution in [1.82, 2.24) is 4.98 Å². The van der Waals surface area contributed by atoms with Crippen LogP contribution in [-0.4, -0.2) is 10.9 Å². The van der Waals surface area contributed by atoms with Crippen LogP contribution < -0.4 is 5.73 Å². The highest BCUT2D eigenvalue weighted by molar-refractivity contribution is 6.04. The highest BCUT2D eigenvalue weighted by Gasteiger charge is 1.96. The molecule has 4 nitrogen and oxygen atoms in total. The number of aromatic nitrogens is 1. The Morgan fingerprint density at radius 3 is 3.00 bits per heavy atom. The van der Waals surface area contributed by atoms with Gasteiger partial charge in [-0.3, -0.25) is 0 Å². The molecule has 0 aliphatic carbocycles. The van der Waals surface area contributed by atoms with Gasteiger partial charge in [0.1, 0.15) is 11.7 Å². The molecule has 0 aromatic carbocycles. The molecular formula is C7H7N3O. The van der Waals surface area contributed by atoms with Gasteiger partial charge in [0.15, 0.2) is 0 Å². The molecule has 1 aromatic heterocycles. The number of carbonyl (C=O) groups excluding carboxylic acids is 1. The van der Waals surface area contributed by atoms with Gasteiger partial charge in [0.2, 0.25) is 0 Å². The Balaban J connectivity index is 2.96. The SMILES string of the molecule is [CH2+][N-]C(=O)c1ccnc(N)c1. The normalized spacial score (nSPS) is 9.09. The van der Waals surface area contributed by atoms with Crippen molar-refractivity contribution >= 4 is 11.7 Å². The zero-order chi connectivity index (χ0) is 8.27. The molecule has 1 amide bonds. The lowest BCUT2D eigenvalue weighted by molar-refractivity contribution is 0.103. The van der Waals surface area contributed by atoms with Crippen molar-refractivity contribution in [1.29, 1.82) is 0 Å². The minimum absolute atomic E-state index is 0.305. The zero-order valence-electron chi connectivity index (χ0n) is 5.82. The second-order valence-corrected chi connectivity index (χ2v) is 1.93. The summed E-state index contributed by atoms with van der Waals surface area (Å²) in [5.74, 6) is -0.0846.